The highest BCUT2D eigenvalue weighted by Crippen LogP contribution is 2.34. The van der Waals surface area contributed by atoms with Gasteiger partial charge in [0.1, 0.15) is 0 Å². The van der Waals surface area contributed by atoms with Crippen LogP contribution in [0.25, 0.3) is 0 Å². The minimum atomic E-state index is 0.327. The van der Waals surface area contributed by atoms with Crippen LogP contribution in [0.1, 0.15) is 33.1 Å². The summed E-state index contributed by atoms with van der Waals surface area (Å²) in [4.78, 5) is 0. The zero-order valence-corrected chi connectivity index (χ0v) is 10.8. The Labute approximate surface area is 95.5 Å². The van der Waals surface area contributed by atoms with Crippen LogP contribution >= 0.6 is 15.9 Å². The summed E-state index contributed by atoms with van der Waals surface area (Å²) in [6.07, 6.45) is 3.90. The molecule has 3 heteroatoms. The molecule has 84 valence electrons. The fourth-order valence-electron chi connectivity index (χ4n) is 1.79. The van der Waals surface area contributed by atoms with E-state index >= 15 is 0 Å². The molecule has 0 aliphatic carbocycles. The Morgan fingerprint density at radius 1 is 1.50 bits per heavy atom. The van der Waals surface area contributed by atoms with E-state index in [1.54, 1.807) is 0 Å². The van der Waals surface area contributed by atoms with Crippen LogP contribution in [0.5, 0.6) is 0 Å². The molecule has 1 atom stereocenters. The number of hydrogen-bond acceptors (Lipinski definition) is 2. The lowest BCUT2D eigenvalue weighted by Crippen LogP contribution is -2.34. The van der Waals surface area contributed by atoms with Gasteiger partial charge in [0.05, 0.1) is 12.7 Å². The Balaban J connectivity index is 2.29. The molecule has 0 N–H and O–H groups in total. The number of hydrogen-bond donors (Lipinski definition) is 0. The van der Waals surface area contributed by atoms with Crippen LogP contribution in [0.2, 0.25) is 0 Å². The molecule has 1 fully saturated rings. The van der Waals surface area contributed by atoms with Gasteiger partial charge in [-0.15, -0.1) is 0 Å². The summed E-state index contributed by atoms with van der Waals surface area (Å²) in [5.41, 5.74) is 0.327. The molecule has 0 saturated carbocycles. The molecule has 0 bridgehead atoms. The molecule has 0 aromatic carbocycles. The van der Waals surface area contributed by atoms with Crippen molar-refractivity contribution in [1.82, 2.24) is 0 Å². The van der Waals surface area contributed by atoms with Crippen molar-refractivity contribution in [1.29, 1.82) is 0 Å². The minimum absolute atomic E-state index is 0.327. The molecule has 1 aliphatic heterocycles. The maximum absolute atomic E-state index is 5.60. The molecule has 1 heterocycles. The van der Waals surface area contributed by atoms with E-state index in [1.165, 1.54) is 12.8 Å². The second kappa shape index (κ2) is 6.09. The second-order valence-corrected chi connectivity index (χ2v) is 5.02. The van der Waals surface area contributed by atoms with Gasteiger partial charge in [0.25, 0.3) is 0 Å². The van der Waals surface area contributed by atoms with E-state index < -0.39 is 0 Å². The third kappa shape index (κ3) is 3.87. The fraction of sp³-hybridized carbons (Fsp3) is 1.00. The van der Waals surface area contributed by atoms with Crippen molar-refractivity contribution in [3.63, 3.8) is 0 Å². The lowest BCUT2D eigenvalue weighted by atomic mass is 9.82. The SMILES string of the molecule is CC(C)OCCC1(CBr)CCCOC1. The van der Waals surface area contributed by atoms with E-state index in [0.717, 1.165) is 31.6 Å². The molecule has 0 spiro atoms. The van der Waals surface area contributed by atoms with Crippen LogP contribution in [0.3, 0.4) is 0 Å². The summed E-state index contributed by atoms with van der Waals surface area (Å²) in [6, 6.07) is 0. The molecular weight excluding hydrogens is 244 g/mol. The van der Waals surface area contributed by atoms with Crippen molar-refractivity contribution in [2.75, 3.05) is 25.2 Å². The lowest BCUT2D eigenvalue weighted by molar-refractivity contribution is -0.0219. The second-order valence-electron chi connectivity index (χ2n) is 4.46. The quantitative estimate of drug-likeness (QED) is 0.711. The molecule has 0 aromatic rings. The van der Waals surface area contributed by atoms with Crippen molar-refractivity contribution >= 4 is 15.9 Å². The molecule has 1 unspecified atom stereocenters. The Hall–Kier alpha value is 0.400. The largest absolute Gasteiger partial charge is 0.381 e. The summed E-state index contributed by atoms with van der Waals surface area (Å²) in [7, 11) is 0. The van der Waals surface area contributed by atoms with Gasteiger partial charge < -0.3 is 9.47 Å². The van der Waals surface area contributed by atoms with Crippen molar-refractivity contribution in [3.8, 4) is 0 Å². The van der Waals surface area contributed by atoms with Crippen LogP contribution in [0.4, 0.5) is 0 Å². The van der Waals surface area contributed by atoms with Gasteiger partial charge in [0.15, 0.2) is 0 Å². The minimum Gasteiger partial charge on any atom is -0.381 e. The molecular formula is C11H21BrO2. The van der Waals surface area contributed by atoms with Crippen LogP contribution in [-0.2, 0) is 9.47 Å². The van der Waals surface area contributed by atoms with E-state index in [0.29, 0.717) is 11.5 Å². The summed E-state index contributed by atoms with van der Waals surface area (Å²) in [6.45, 7) is 6.84. The zero-order chi connectivity index (χ0) is 10.4. The lowest BCUT2D eigenvalue weighted by Gasteiger charge is -2.35. The number of ether oxygens (including phenoxy) is 2. The van der Waals surface area contributed by atoms with Crippen molar-refractivity contribution < 1.29 is 9.47 Å². The van der Waals surface area contributed by atoms with Gasteiger partial charge >= 0.3 is 0 Å². The normalized spacial score (nSPS) is 28.3. The zero-order valence-electron chi connectivity index (χ0n) is 9.22. The maximum Gasteiger partial charge on any atom is 0.0531 e. The number of rotatable bonds is 5. The highest BCUT2D eigenvalue weighted by Gasteiger charge is 2.31. The third-order valence-electron chi connectivity index (χ3n) is 2.77. The molecule has 14 heavy (non-hydrogen) atoms. The predicted octanol–water partition coefficient (Wildman–Crippen LogP) is 2.99. The molecule has 0 amide bonds. The van der Waals surface area contributed by atoms with Gasteiger partial charge in [-0.05, 0) is 33.1 Å². The molecule has 1 rings (SSSR count). The Morgan fingerprint density at radius 2 is 2.29 bits per heavy atom. The van der Waals surface area contributed by atoms with Gasteiger partial charge in [-0.2, -0.15) is 0 Å². The van der Waals surface area contributed by atoms with Gasteiger partial charge in [-0.1, -0.05) is 15.9 Å². The monoisotopic (exact) mass is 264 g/mol. The van der Waals surface area contributed by atoms with Crippen LogP contribution in [0.15, 0.2) is 0 Å². The highest BCUT2D eigenvalue weighted by molar-refractivity contribution is 9.09. The van der Waals surface area contributed by atoms with Gasteiger partial charge in [-0.25, -0.2) is 0 Å². The van der Waals surface area contributed by atoms with Gasteiger partial charge in [-0.3, -0.25) is 0 Å². The molecule has 2 nitrogen and oxygen atoms in total. The van der Waals surface area contributed by atoms with E-state index in [2.05, 4.69) is 29.8 Å². The topological polar surface area (TPSA) is 18.5 Å². The van der Waals surface area contributed by atoms with Crippen LogP contribution in [-0.4, -0.2) is 31.3 Å². The first-order valence-corrected chi connectivity index (χ1v) is 6.56. The van der Waals surface area contributed by atoms with E-state index in [1.807, 2.05) is 0 Å². The molecule has 0 radical (unpaired) electrons. The molecule has 1 aliphatic rings. The maximum atomic E-state index is 5.60. The third-order valence-corrected chi connectivity index (χ3v) is 3.96. The smallest absolute Gasteiger partial charge is 0.0531 e. The summed E-state index contributed by atoms with van der Waals surface area (Å²) >= 11 is 3.60. The van der Waals surface area contributed by atoms with Gasteiger partial charge in [0, 0.05) is 24.0 Å². The van der Waals surface area contributed by atoms with Gasteiger partial charge in [0.2, 0.25) is 0 Å². The Morgan fingerprint density at radius 3 is 2.79 bits per heavy atom. The highest BCUT2D eigenvalue weighted by atomic mass is 79.9. The first kappa shape index (κ1) is 12.5. The summed E-state index contributed by atoms with van der Waals surface area (Å²) < 4.78 is 11.1. The van der Waals surface area contributed by atoms with Crippen molar-refractivity contribution in [2.24, 2.45) is 5.41 Å². The number of alkyl halides is 1. The predicted molar refractivity (Wildman–Crippen MR) is 62.0 cm³/mol. The first-order chi connectivity index (χ1) is 6.68. The fourth-order valence-corrected chi connectivity index (χ4v) is 2.51. The number of halogens is 1. The first-order valence-electron chi connectivity index (χ1n) is 5.44. The standard InChI is InChI=1S/C11H21BrO2/c1-10(2)14-7-5-11(8-12)4-3-6-13-9-11/h10H,3-9H2,1-2H3. The van der Waals surface area contributed by atoms with E-state index in [9.17, 15) is 0 Å². The van der Waals surface area contributed by atoms with Crippen molar-refractivity contribution in [3.05, 3.63) is 0 Å². The van der Waals surface area contributed by atoms with E-state index in [4.69, 9.17) is 9.47 Å². The molecule has 1 saturated heterocycles. The summed E-state index contributed by atoms with van der Waals surface area (Å²) in [5, 5.41) is 1.03. The average Bonchev–Trinajstić information content (AvgIpc) is 2.19. The average molecular weight is 265 g/mol. The van der Waals surface area contributed by atoms with E-state index in [-0.39, 0.29) is 0 Å². The Bertz CT molecular complexity index is 153. The Kier molecular flexibility index (Phi) is 5.42. The molecule has 0 aromatic heterocycles. The van der Waals surface area contributed by atoms with Crippen LogP contribution in [0, 0.1) is 5.41 Å². The summed E-state index contributed by atoms with van der Waals surface area (Å²) in [5.74, 6) is 0. The van der Waals surface area contributed by atoms with Crippen LogP contribution < -0.4 is 0 Å². The van der Waals surface area contributed by atoms with Crippen molar-refractivity contribution in [2.45, 2.75) is 39.2 Å².